The van der Waals surface area contributed by atoms with E-state index in [0.717, 1.165) is 11.1 Å². The van der Waals surface area contributed by atoms with Gasteiger partial charge in [0, 0.05) is 0 Å². The van der Waals surface area contributed by atoms with Gasteiger partial charge in [0.05, 0.1) is 18.4 Å². The van der Waals surface area contributed by atoms with Crippen molar-refractivity contribution in [2.75, 3.05) is 19.0 Å². The Balaban J connectivity index is 1.93. The molecule has 5 nitrogen and oxygen atoms in total. The molecule has 0 saturated heterocycles. The molecule has 0 aromatic heterocycles. The molecule has 120 valence electrons. The van der Waals surface area contributed by atoms with E-state index in [0.29, 0.717) is 17.0 Å². The molecule has 1 N–H and O–H groups in total. The molecule has 0 radical (unpaired) electrons. The SMILES string of the molecule is COc1ccccc1NC(=O)COC(=O)c1ccc(C)c(C)c1. The predicted octanol–water partition coefficient (Wildman–Crippen LogP) is 3.11. The van der Waals surface area contributed by atoms with Gasteiger partial charge in [-0.05, 0) is 49.2 Å². The molecule has 0 fully saturated rings. The molecule has 0 atom stereocenters. The van der Waals surface area contributed by atoms with Crippen LogP contribution in [0, 0.1) is 13.8 Å². The minimum absolute atomic E-state index is 0.357. The molecular formula is C18H19NO4. The topological polar surface area (TPSA) is 64.6 Å². The van der Waals surface area contributed by atoms with Crippen LogP contribution in [-0.2, 0) is 9.53 Å². The molecule has 0 bridgehead atoms. The smallest absolute Gasteiger partial charge is 0.338 e. The number of rotatable bonds is 5. The third-order valence-electron chi connectivity index (χ3n) is 3.46. The Hall–Kier alpha value is -2.82. The quantitative estimate of drug-likeness (QED) is 0.861. The molecule has 1 amide bonds. The number of benzene rings is 2. The van der Waals surface area contributed by atoms with Gasteiger partial charge in [0.1, 0.15) is 5.75 Å². The van der Waals surface area contributed by atoms with Gasteiger partial charge in [0.25, 0.3) is 5.91 Å². The molecule has 0 aliphatic carbocycles. The van der Waals surface area contributed by atoms with Crippen LogP contribution >= 0.6 is 0 Å². The number of carbonyl (C=O) groups excluding carboxylic acids is 2. The van der Waals surface area contributed by atoms with Gasteiger partial charge in [-0.3, -0.25) is 4.79 Å². The number of hydrogen-bond acceptors (Lipinski definition) is 4. The highest BCUT2D eigenvalue weighted by molar-refractivity contribution is 5.96. The fraction of sp³-hybridized carbons (Fsp3) is 0.222. The molecule has 0 unspecified atom stereocenters. The van der Waals surface area contributed by atoms with Crippen molar-refractivity contribution in [1.29, 1.82) is 0 Å². The van der Waals surface area contributed by atoms with Crippen molar-refractivity contribution in [3.63, 3.8) is 0 Å². The lowest BCUT2D eigenvalue weighted by atomic mass is 10.1. The van der Waals surface area contributed by atoms with Crippen LogP contribution in [0.25, 0.3) is 0 Å². The monoisotopic (exact) mass is 313 g/mol. The second kappa shape index (κ2) is 7.45. The molecule has 2 rings (SSSR count). The molecule has 5 heteroatoms. The average molecular weight is 313 g/mol. The van der Waals surface area contributed by atoms with Crippen molar-refractivity contribution < 1.29 is 19.1 Å². The van der Waals surface area contributed by atoms with E-state index in [4.69, 9.17) is 9.47 Å². The fourth-order valence-corrected chi connectivity index (χ4v) is 2.02. The number of methoxy groups -OCH3 is 1. The Morgan fingerprint density at radius 3 is 2.48 bits per heavy atom. The zero-order valence-electron chi connectivity index (χ0n) is 13.4. The zero-order chi connectivity index (χ0) is 16.8. The number of hydrogen-bond donors (Lipinski definition) is 1. The number of amides is 1. The van der Waals surface area contributed by atoms with Crippen molar-refractivity contribution >= 4 is 17.6 Å². The van der Waals surface area contributed by atoms with Crippen LogP contribution in [-0.4, -0.2) is 25.6 Å². The fourth-order valence-electron chi connectivity index (χ4n) is 2.02. The molecular weight excluding hydrogens is 294 g/mol. The number of anilines is 1. The summed E-state index contributed by atoms with van der Waals surface area (Å²) in [6.07, 6.45) is 0. The Labute approximate surface area is 135 Å². The molecule has 2 aromatic carbocycles. The second-order valence-electron chi connectivity index (χ2n) is 5.12. The van der Waals surface area contributed by atoms with Crippen LogP contribution in [0.15, 0.2) is 42.5 Å². The number of esters is 1. The Kier molecular flexibility index (Phi) is 5.36. The summed E-state index contributed by atoms with van der Waals surface area (Å²) in [5, 5.41) is 2.65. The van der Waals surface area contributed by atoms with Crippen LogP contribution in [0.5, 0.6) is 5.75 Å². The first kappa shape index (κ1) is 16.5. The maximum atomic E-state index is 12.0. The molecule has 23 heavy (non-hydrogen) atoms. The van der Waals surface area contributed by atoms with Gasteiger partial charge in [0.2, 0.25) is 0 Å². The van der Waals surface area contributed by atoms with Crippen LogP contribution in [0.1, 0.15) is 21.5 Å². The van der Waals surface area contributed by atoms with Gasteiger partial charge in [-0.15, -0.1) is 0 Å². The van der Waals surface area contributed by atoms with Gasteiger partial charge < -0.3 is 14.8 Å². The van der Waals surface area contributed by atoms with Crippen LogP contribution < -0.4 is 10.1 Å². The Morgan fingerprint density at radius 2 is 1.78 bits per heavy atom. The summed E-state index contributed by atoms with van der Waals surface area (Å²) in [7, 11) is 1.52. The van der Waals surface area contributed by atoms with Crippen molar-refractivity contribution in [2.24, 2.45) is 0 Å². The van der Waals surface area contributed by atoms with Gasteiger partial charge >= 0.3 is 5.97 Å². The molecule has 0 aliphatic heterocycles. The van der Waals surface area contributed by atoms with Crippen LogP contribution in [0.4, 0.5) is 5.69 Å². The van der Waals surface area contributed by atoms with Crippen molar-refractivity contribution in [3.8, 4) is 5.75 Å². The first-order valence-electron chi connectivity index (χ1n) is 7.18. The summed E-state index contributed by atoms with van der Waals surface area (Å²) in [5.74, 6) is -0.406. The molecule has 0 aliphatic rings. The molecule has 0 spiro atoms. The third kappa shape index (κ3) is 4.32. The van der Waals surface area contributed by atoms with E-state index in [9.17, 15) is 9.59 Å². The molecule has 2 aromatic rings. The van der Waals surface area contributed by atoms with Gasteiger partial charge in [-0.25, -0.2) is 4.79 Å². The van der Waals surface area contributed by atoms with Crippen LogP contribution in [0.2, 0.25) is 0 Å². The molecule has 0 saturated carbocycles. The number of aryl methyl sites for hydroxylation is 2. The minimum atomic E-state index is -0.525. The number of nitrogens with one attached hydrogen (secondary N) is 1. The summed E-state index contributed by atoms with van der Waals surface area (Å²) < 4.78 is 10.2. The Morgan fingerprint density at radius 1 is 1.04 bits per heavy atom. The summed E-state index contributed by atoms with van der Waals surface area (Å²) >= 11 is 0. The minimum Gasteiger partial charge on any atom is -0.495 e. The highest BCUT2D eigenvalue weighted by Gasteiger charge is 2.12. The predicted molar refractivity (Wildman–Crippen MR) is 87.8 cm³/mol. The van der Waals surface area contributed by atoms with E-state index in [1.807, 2.05) is 19.9 Å². The van der Waals surface area contributed by atoms with Gasteiger partial charge in [0.15, 0.2) is 6.61 Å². The first-order valence-corrected chi connectivity index (χ1v) is 7.18. The normalized spacial score (nSPS) is 10.0. The largest absolute Gasteiger partial charge is 0.495 e. The maximum absolute atomic E-state index is 12.0. The van der Waals surface area contributed by atoms with E-state index < -0.39 is 11.9 Å². The third-order valence-corrected chi connectivity index (χ3v) is 3.46. The summed E-state index contributed by atoms with van der Waals surface area (Å²) in [4.78, 5) is 23.9. The zero-order valence-corrected chi connectivity index (χ0v) is 13.4. The number of para-hydroxylation sites is 2. The summed E-state index contributed by atoms with van der Waals surface area (Å²) in [6.45, 7) is 3.52. The van der Waals surface area contributed by atoms with Crippen molar-refractivity contribution in [2.45, 2.75) is 13.8 Å². The van der Waals surface area contributed by atoms with Gasteiger partial charge in [-0.1, -0.05) is 18.2 Å². The van der Waals surface area contributed by atoms with Crippen LogP contribution in [0.3, 0.4) is 0 Å². The van der Waals surface area contributed by atoms with E-state index >= 15 is 0 Å². The highest BCUT2D eigenvalue weighted by Crippen LogP contribution is 2.22. The number of ether oxygens (including phenoxy) is 2. The molecule has 0 heterocycles. The highest BCUT2D eigenvalue weighted by atomic mass is 16.5. The van der Waals surface area contributed by atoms with Crippen molar-refractivity contribution in [1.82, 2.24) is 0 Å². The summed E-state index contributed by atoms with van der Waals surface area (Å²) in [5.41, 5.74) is 3.05. The van der Waals surface area contributed by atoms with E-state index in [1.165, 1.54) is 7.11 Å². The van der Waals surface area contributed by atoms with E-state index in [1.54, 1.807) is 36.4 Å². The Bertz CT molecular complexity index is 725. The standard InChI is InChI=1S/C18H19NO4/c1-12-8-9-14(10-13(12)2)18(21)23-11-17(20)19-15-6-4-5-7-16(15)22-3/h4-10H,11H2,1-3H3,(H,19,20). The van der Waals surface area contributed by atoms with E-state index in [-0.39, 0.29) is 6.61 Å². The second-order valence-corrected chi connectivity index (χ2v) is 5.12. The maximum Gasteiger partial charge on any atom is 0.338 e. The summed E-state index contributed by atoms with van der Waals surface area (Å²) in [6, 6.07) is 12.3. The lowest BCUT2D eigenvalue weighted by Gasteiger charge is -2.10. The lowest BCUT2D eigenvalue weighted by molar-refractivity contribution is -0.119. The lowest BCUT2D eigenvalue weighted by Crippen LogP contribution is -2.21. The first-order chi connectivity index (χ1) is 11.0. The average Bonchev–Trinajstić information content (AvgIpc) is 2.55. The van der Waals surface area contributed by atoms with E-state index in [2.05, 4.69) is 5.32 Å². The van der Waals surface area contributed by atoms with Crippen molar-refractivity contribution in [3.05, 3.63) is 59.2 Å². The van der Waals surface area contributed by atoms with Gasteiger partial charge in [-0.2, -0.15) is 0 Å². The number of carbonyl (C=O) groups is 2.